The van der Waals surface area contributed by atoms with Crippen LogP contribution >= 0.6 is 0 Å². The molecule has 0 fully saturated rings. The van der Waals surface area contributed by atoms with Crippen molar-refractivity contribution in [1.29, 1.82) is 0 Å². The summed E-state index contributed by atoms with van der Waals surface area (Å²) >= 11 is 0. The van der Waals surface area contributed by atoms with Crippen LogP contribution in [0.2, 0.25) is 0 Å². The molecule has 0 amide bonds. The Hall–Kier alpha value is -2.36. The van der Waals surface area contributed by atoms with Crippen LogP contribution in [-0.2, 0) is 0 Å². The van der Waals surface area contributed by atoms with Crippen molar-refractivity contribution in [1.82, 2.24) is 9.78 Å². The molecule has 1 aromatic heterocycles. The summed E-state index contributed by atoms with van der Waals surface area (Å²) in [5.41, 5.74) is 7.85. The maximum Gasteiger partial charge on any atom is 0.279 e. The topological polar surface area (TPSA) is 60.9 Å². The molecule has 1 aromatic carbocycles. The molecule has 4 heteroatoms. The molecule has 0 radical (unpaired) electrons. The quantitative estimate of drug-likeness (QED) is 0.861. The summed E-state index contributed by atoms with van der Waals surface area (Å²) in [4.78, 5) is 12.7. The Balaban J connectivity index is 0.00000127. The van der Waals surface area contributed by atoms with Gasteiger partial charge in [0.05, 0.1) is 16.8 Å². The molecule has 2 N–H and O–H groups in total. The molecule has 2 aromatic rings. The monoisotopic (exact) mass is 313 g/mol. The van der Waals surface area contributed by atoms with Crippen LogP contribution in [0.5, 0.6) is 0 Å². The molecule has 0 atom stereocenters. The van der Waals surface area contributed by atoms with Crippen molar-refractivity contribution < 1.29 is 0 Å². The SMILES string of the molecule is C/C=C(\C=C(/C)N)n1nc(C(C)C)c2ccccc2c1=O.CC. The van der Waals surface area contributed by atoms with Gasteiger partial charge in [-0.05, 0) is 31.9 Å². The molecule has 124 valence electrons. The van der Waals surface area contributed by atoms with Crippen LogP contribution in [0.3, 0.4) is 0 Å². The summed E-state index contributed by atoms with van der Waals surface area (Å²) in [6.07, 6.45) is 3.59. The van der Waals surface area contributed by atoms with E-state index in [1.165, 1.54) is 4.68 Å². The second-order valence-electron chi connectivity index (χ2n) is 5.40. The Labute approximate surface area is 138 Å². The highest BCUT2D eigenvalue weighted by Crippen LogP contribution is 2.21. The second-order valence-corrected chi connectivity index (χ2v) is 5.40. The third-order valence-corrected chi connectivity index (χ3v) is 3.30. The smallest absolute Gasteiger partial charge is 0.279 e. The highest BCUT2D eigenvalue weighted by atomic mass is 16.1. The Morgan fingerprint density at radius 3 is 2.26 bits per heavy atom. The fraction of sp³-hybridized carbons (Fsp3) is 0.368. The van der Waals surface area contributed by atoms with Crippen LogP contribution in [0.1, 0.15) is 53.2 Å². The maximum atomic E-state index is 12.7. The first kappa shape index (κ1) is 18.7. The zero-order chi connectivity index (χ0) is 17.6. The number of aromatic nitrogens is 2. The fourth-order valence-corrected chi connectivity index (χ4v) is 2.32. The molecule has 0 saturated carbocycles. The lowest BCUT2D eigenvalue weighted by Crippen LogP contribution is -2.24. The number of benzene rings is 1. The molecule has 0 aliphatic carbocycles. The first-order valence-corrected chi connectivity index (χ1v) is 8.08. The van der Waals surface area contributed by atoms with Gasteiger partial charge in [0, 0.05) is 11.1 Å². The first-order valence-electron chi connectivity index (χ1n) is 8.08. The average molecular weight is 313 g/mol. The number of nitrogens with two attached hydrogens (primary N) is 1. The summed E-state index contributed by atoms with van der Waals surface area (Å²) in [7, 11) is 0. The van der Waals surface area contributed by atoms with Crippen molar-refractivity contribution in [3.05, 3.63) is 58.2 Å². The summed E-state index contributed by atoms with van der Waals surface area (Å²) in [5, 5.41) is 6.15. The molecule has 0 aliphatic heterocycles. The van der Waals surface area contributed by atoms with Gasteiger partial charge in [-0.1, -0.05) is 52.0 Å². The zero-order valence-electron chi connectivity index (χ0n) is 14.9. The van der Waals surface area contributed by atoms with Gasteiger partial charge in [0.25, 0.3) is 5.56 Å². The third-order valence-electron chi connectivity index (χ3n) is 3.30. The second kappa shape index (κ2) is 8.32. The normalized spacial score (nSPS) is 12.3. The van der Waals surface area contributed by atoms with Crippen molar-refractivity contribution in [2.24, 2.45) is 5.73 Å². The predicted molar refractivity (Wildman–Crippen MR) is 99.3 cm³/mol. The number of allylic oxidation sites excluding steroid dienone is 4. The summed E-state index contributed by atoms with van der Waals surface area (Å²) < 4.78 is 1.44. The largest absolute Gasteiger partial charge is 0.402 e. The van der Waals surface area contributed by atoms with Crippen molar-refractivity contribution in [3.63, 3.8) is 0 Å². The molecule has 0 bridgehead atoms. The zero-order valence-corrected chi connectivity index (χ0v) is 14.9. The molecular weight excluding hydrogens is 286 g/mol. The van der Waals surface area contributed by atoms with Crippen LogP contribution < -0.4 is 11.3 Å². The summed E-state index contributed by atoms with van der Waals surface area (Å²) in [5.74, 6) is 0.225. The highest BCUT2D eigenvalue weighted by molar-refractivity contribution is 5.84. The van der Waals surface area contributed by atoms with Gasteiger partial charge in [0.15, 0.2) is 0 Å². The minimum atomic E-state index is -0.124. The lowest BCUT2D eigenvalue weighted by atomic mass is 10.0. The Kier molecular flexibility index (Phi) is 6.76. The van der Waals surface area contributed by atoms with Crippen LogP contribution in [-0.4, -0.2) is 9.78 Å². The number of hydrogen-bond donors (Lipinski definition) is 1. The minimum Gasteiger partial charge on any atom is -0.402 e. The number of nitrogens with zero attached hydrogens (tertiary/aromatic N) is 2. The molecule has 2 rings (SSSR count). The molecular formula is C19H27N3O. The Morgan fingerprint density at radius 1 is 1.22 bits per heavy atom. The van der Waals surface area contributed by atoms with Crippen molar-refractivity contribution in [3.8, 4) is 0 Å². The van der Waals surface area contributed by atoms with Gasteiger partial charge in [-0.25, -0.2) is 0 Å². The predicted octanol–water partition coefficient (Wildman–Crippen LogP) is 4.27. The number of rotatable bonds is 3. The van der Waals surface area contributed by atoms with Gasteiger partial charge in [-0.2, -0.15) is 9.78 Å². The van der Waals surface area contributed by atoms with Crippen LogP contribution in [0, 0.1) is 0 Å². The van der Waals surface area contributed by atoms with E-state index >= 15 is 0 Å². The van der Waals surface area contributed by atoms with E-state index in [2.05, 4.69) is 18.9 Å². The number of fused-ring (bicyclic) bond motifs is 1. The maximum absolute atomic E-state index is 12.7. The van der Waals surface area contributed by atoms with Crippen LogP contribution in [0.25, 0.3) is 16.5 Å². The highest BCUT2D eigenvalue weighted by Gasteiger charge is 2.14. The van der Waals surface area contributed by atoms with Gasteiger partial charge in [-0.15, -0.1) is 0 Å². The molecule has 0 unspecified atom stereocenters. The van der Waals surface area contributed by atoms with Crippen LogP contribution in [0.4, 0.5) is 0 Å². The summed E-state index contributed by atoms with van der Waals surface area (Å²) in [6, 6.07) is 7.59. The van der Waals surface area contributed by atoms with E-state index < -0.39 is 0 Å². The molecule has 0 spiro atoms. The van der Waals surface area contributed by atoms with Crippen molar-refractivity contribution in [2.45, 2.75) is 47.5 Å². The van der Waals surface area contributed by atoms with E-state index in [1.54, 1.807) is 13.0 Å². The van der Waals surface area contributed by atoms with E-state index in [-0.39, 0.29) is 11.5 Å². The fourth-order valence-electron chi connectivity index (χ4n) is 2.32. The molecule has 0 saturated heterocycles. The summed E-state index contributed by atoms with van der Waals surface area (Å²) in [6.45, 7) is 11.8. The van der Waals surface area contributed by atoms with Gasteiger partial charge in [-0.3, -0.25) is 4.79 Å². The average Bonchev–Trinajstić information content (AvgIpc) is 2.55. The van der Waals surface area contributed by atoms with E-state index in [1.807, 2.05) is 51.1 Å². The Bertz CT molecular complexity index is 779. The lowest BCUT2D eigenvalue weighted by Gasteiger charge is -2.13. The Morgan fingerprint density at radius 2 is 1.78 bits per heavy atom. The van der Waals surface area contributed by atoms with Crippen LogP contribution in [0.15, 0.2) is 46.9 Å². The third kappa shape index (κ3) is 4.09. The molecule has 4 nitrogen and oxygen atoms in total. The number of hydrogen-bond acceptors (Lipinski definition) is 3. The van der Waals surface area contributed by atoms with E-state index in [0.29, 0.717) is 16.8 Å². The van der Waals surface area contributed by atoms with Gasteiger partial charge >= 0.3 is 0 Å². The van der Waals surface area contributed by atoms with E-state index in [9.17, 15) is 4.79 Å². The molecule has 23 heavy (non-hydrogen) atoms. The van der Waals surface area contributed by atoms with Crippen molar-refractivity contribution in [2.75, 3.05) is 0 Å². The molecule has 0 aliphatic rings. The lowest BCUT2D eigenvalue weighted by molar-refractivity contribution is 0.739. The van der Waals surface area contributed by atoms with Gasteiger partial charge in [0.2, 0.25) is 0 Å². The first-order chi connectivity index (χ1) is 11.0. The minimum absolute atomic E-state index is 0.124. The van der Waals surface area contributed by atoms with Gasteiger partial charge < -0.3 is 5.73 Å². The van der Waals surface area contributed by atoms with E-state index in [4.69, 9.17) is 5.73 Å². The van der Waals surface area contributed by atoms with E-state index in [0.717, 1.165) is 11.1 Å². The van der Waals surface area contributed by atoms with Gasteiger partial charge in [0.1, 0.15) is 0 Å². The van der Waals surface area contributed by atoms with Crippen molar-refractivity contribution >= 4 is 16.5 Å². The molecule has 1 heterocycles. The standard InChI is InChI=1S/C17H21N3O.C2H6/c1-5-13(10-12(4)18)20-17(21)15-9-7-6-8-14(15)16(19-20)11(2)3;1-2/h5-11H,18H2,1-4H3;1-2H3/b12-10+,13-5+;.